The first-order chi connectivity index (χ1) is 14.7. The van der Waals surface area contributed by atoms with E-state index in [9.17, 15) is 14.4 Å². The van der Waals surface area contributed by atoms with Gasteiger partial charge < -0.3 is 26.0 Å². The molecule has 0 radical (unpaired) electrons. The van der Waals surface area contributed by atoms with Crippen LogP contribution < -0.4 is 16.4 Å². The quantitative estimate of drug-likeness (QED) is 0.490. The van der Waals surface area contributed by atoms with Crippen LogP contribution >= 0.6 is 11.8 Å². The second-order valence-corrected chi connectivity index (χ2v) is 11.0. The molecule has 4 N–H and O–H groups in total. The van der Waals surface area contributed by atoms with Crippen LogP contribution in [0.5, 0.6) is 0 Å². The lowest BCUT2D eigenvalue weighted by atomic mass is 9.86. The lowest BCUT2D eigenvalue weighted by Gasteiger charge is -2.37. The van der Waals surface area contributed by atoms with Gasteiger partial charge in [-0.25, -0.2) is 4.79 Å². The fraction of sp³-hybridized carbons (Fsp3) is 0.864. The molecule has 9 heteroatoms. The third-order valence-corrected chi connectivity index (χ3v) is 7.95. The van der Waals surface area contributed by atoms with Crippen molar-refractivity contribution in [1.29, 1.82) is 0 Å². The summed E-state index contributed by atoms with van der Waals surface area (Å²) in [6.45, 7) is 7.12. The molecule has 0 unspecified atom stereocenters. The minimum Gasteiger partial charge on any atom is -0.453 e. The molecule has 2 fully saturated rings. The highest BCUT2D eigenvalue weighted by Gasteiger charge is 2.44. The van der Waals surface area contributed by atoms with Gasteiger partial charge in [0.1, 0.15) is 12.1 Å². The van der Waals surface area contributed by atoms with E-state index in [0.29, 0.717) is 25.4 Å². The van der Waals surface area contributed by atoms with E-state index >= 15 is 0 Å². The Bertz CT molecular complexity index is 623. The summed E-state index contributed by atoms with van der Waals surface area (Å²) in [4.78, 5) is 40.1. The number of amides is 3. The second-order valence-electron chi connectivity index (χ2n) is 9.24. The monoisotopic (exact) mass is 456 g/mol. The molecule has 8 nitrogen and oxygen atoms in total. The van der Waals surface area contributed by atoms with Crippen LogP contribution in [0.3, 0.4) is 0 Å². The molecular formula is C22H40N4O4S. The van der Waals surface area contributed by atoms with E-state index in [-0.39, 0.29) is 17.9 Å². The molecule has 2 aliphatic rings. The highest BCUT2D eigenvalue weighted by atomic mass is 32.2. The number of rotatable bonds is 9. The highest BCUT2D eigenvalue weighted by Crippen LogP contribution is 2.32. The van der Waals surface area contributed by atoms with Gasteiger partial charge in [0.05, 0.1) is 7.11 Å². The molecule has 1 saturated heterocycles. The van der Waals surface area contributed by atoms with Crippen molar-refractivity contribution < 1.29 is 19.1 Å². The Kier molecular flexibility index (Phi) is 9.93. The molecule has 0 aromatic carbocycles. The van der Waals surface area contributed by atoms with E-state index in [4.69, 9.17) is 10.5 Å². The fourth-order valence-electron chi connectivity index (χ4n) is 4.38. The van der Waals surface area contributed by atoms with Crippen molar-refractivity contribution in [3.63, 3.8) is 0 Å². The van der Waals surface area contributed by atoms with Crippen LogP contribution in [-0.2, 0) is 14.3 Å². The number of nitrogens with two attached hydrogens (primary N) is 1. The number of ether oxygens (including phenoxy) is 1. The molecule has 1 heterocycles. The zero-order chi connectivity index (χ0) is 23.0. The van der Waals surface area contributed by atoms with Gasteiger partial charge in [-0.15, -0.1) is 0 Å². The molecule has 1 saturated carbocycles. The van der Waals surface area contributed by atoms with Crippen LogP contribution in [0.1, 0.15) is 65.7 Å². The van der Waals surface area contributed by atoms with Gasteiger partial charge in [-0.1, -0.05) is 6.92 Å². The third kappa shape index (κ3) is 7.27. The standard InChI is InChI=1S/C22H40N4O4S/c1-5-13-31-22(2,3)18(25-21(29)30-4)20(28)26-12-6-7-17(26)19(27)24-14-15-8-10-16(23)11-9-15/h15-18H,5-14,23H2,1-4H3,(H,24,27)(H,25,29)/t15?,16?,17-,18-/m0/s1. The van der Waals surface area contributed by atoms with Gasteiger partial charge in [-0.05, 0) is 70.5 Å². The summed E-state index contributed by atoms with van der Waals surface area (Å²) in [6.07, 6.45) is 5.80. The molecule has 0 aromatic rings. The molecule has 2 atom stereocenters. The summed E-state index contributed by atoms with van der Waals surface area (Å²) in [5.41, 5.74) is 5.97. The smallest absolute Gasteiger partial charge is 0.407 e. The Balaban J connectivity index is 2.04. The molecule has 0 aromatic heterocycles. The maximum absolute atomic E-state index is 13.5. The number of carbonyl (C=O) groups excluding carboxylic acids is 3. The first-order valence-electron chi connectivity index (χ1n) is 11.5. The molecule has 178 valence electrons. The van der Waals surface area contributed by atoms with E-state index in [2.05, 4.69) is 17.6 Å². The molecular weight excluding hydrogens is 416 g/mol. The van der Waals surface area contributed by atoms with Gasteiger partial charge in [0.15, 0.2) is 0 Å². The van der Waals surface area contributed by atoms with Crippen LogP contribution in [0.2, 0.25) is 0 Å². The molecule has 0 bridgehead atoms. The average Bonchev–Trinajstić information content (AvgIpc) is 3.24. The number of nitrogens with zero attached hydrogens (tertiary/aromatic N) is 1. The van der Waals surface area contributed by atoms with Crippen LogP contribution in [0, 0.1) is 5.92 Å². The van der Waals surface area contributed by atoms with E-state index < -0.39 is 22.9 Å². The normalized spacial score (nSPS) is 25.1. The Morgan fingerprint density at radius 2 is 1.87 bits per heavy atom. The number of hydrogen-bond donors (Lipinski definition) is 3. The van der Waals surface area contributed by atoms with Gasteiger partial charge in [0, 0.05) is 23.9 Å². The van der Waals surface area contributed by atoms with E-state index in [1.54, 1.807) is 16.7 Å². The summed E-state index contributed by atoms with van der Waals surface area (Å²) >= 11 is 1.64. The lowest BCUT2D eigenvalue weighted by molar-refractivity contribution is -0.140. The SMILES string of the molecule is CCCSC(C)(C)[C@@H](NC(=O)OC)C(=O)N1CCC[C@H]1C(=O)NCC1CCC(N)CC1. The van der Waals surface area contributed by atoms with Gasteiger partial charge in [0.2, 0.25) is 11.8 Å². The van der Waals surface area contributed by atoms with Gasteiger partial charge in [-0.2, -0.15) is 11.8 Å². The Morgan fingerprint density at radius 1 is 1.19 bits per heavy atom. The number of nitrogens with one attached hydrogen (secondary N) is 2. The Morgan fingerprint density at radius 3 is 2.48 bits per heavy atom. The highest BCUT2D eigenvalue weighted by molar-refractivity contribution is 8.00. The van der Waals surface area contributed by atoms with E-state index in [1.165, 1.54) is 7.11 Å². The van der Waals surface area contributed by atoms with Gasteiger partial charge >= 0.3 is 6.09 Å². The van der Waals surface area contributed by atoms with Crippen LogP contribution in [0.4, 0.5) is 4.79 Å². The topological polar surface area (TPSA) is 114 Å². The van der Waals surface area contributed by atoms with Crippen molar-refractivity contribution in [3.05, 3.63) is 0 Å². The summed E-state index contributed by atoms with van der Waals surface area (Å²) in [7, 11) is 1.29. The largest absolute Gasteiger partial charge is 0.453 e. The molecule has 0 spiro atoms. The number of likely N-dealkylation sites (tertiary alicyclic amines) is 1. The fourth-order valence-corrected chi connectivity index (χ4v) is 5.44. The Labute approximate surface area is 190 Å². The first kappa shape index (κ1) is 25.8. The van der Waals surface area contributed by atoms with Crippen molar-refractivity contribution in [2.75, 3.05) is 26.0 Å². The number of thioether (sulfide) groups is 1. The van der Waals surface area contributed by atoms with Gasteiger partial charge in [0.25, 0.3) is 0 Å². The van der Waals surface area contributed by atoms with Crippen LogP contribution in [0.15, 0.2) is 0 Å². The number of methoxy groups -OCH3 is 1. The zero-order valence-electron chi connectivity index (χ0n) is 19.4. The molecule has 2 rings (SSSR count). The average molecular weight is 457 g/mol. The van der Waals surface area contributed by atoms with Crippen molar-refractivity contribution in [2.24, 2.45) is 11.7 Å². The summed E-state index contributed by atoms with van der Waals surface area (Å²) in [6, 6.07) is -0.986. The van der Waals surface area contributed by atoms with E-state index in [1.807, 2.05) is 13.8 Å². The zero-order valence-corrected chi connectivity index (χ0v) is 20.3. The summed E-state index contributed by atoms with van der Waals surface area (Å²) in [5.74, 6) is 0.999. The number of carbonyl (C=O) groups is 3. The van der Waals surface area contributed by atoms with Crippen LogP contribution in [-0.4, -0.2) is 71.6 Å². The summed E-state index contributed by atoms with van der Waals surface area (Å²) < 4.78 is 4.23. The van der Waals surface area contributed by atoms with Crippen molar-refractivity contribution >= 4 is 29.7 Å². The van der Waals surface area contributed by atoms with Crippen LogP contribution in [0.25, 0.3) is 0 Å². The number of hydrogen-bond acceptors (Lipinski definition) is 6. The maximum Gasteiger partial charge on any atom is 0.407 e. The van der Waals surface area contributed by atoms with E-state index in [0.717, 1.165) is 44.3 Å². The third-order valence-electron chi connectivity index (χ3n) is 6.36. The molecule has 1 aliphatic carbocycles. The summed E-state index contributed by atoms with van der Waals surface area (Å²) in [5, 5.41) is 5.79. The predicted molar refractivity (Wildman–Crippen MR) is 124 cm³/mol. The molecule has 1 aliphatic heterocycles. The van der Waals surface area contributed by atoms with Crippen molar-refractivity contribution in [2.45, 2.75) is 88.6 Å². The Hall–Kier alpha value is -1.48. The first-order valence-corrected chi connectivity index (χ1v) is 12.5. The second kappa shape index (κ2) is 11.9. The minimum absolute atomic E-state index is 0.100. The molecule has 3 amide bonds. The minimum atomic E-state index is -0.773. The van der Waals surface area contributed by atoms with Crippen molar-refractivity contribution in [3.8, 4) is 0 Å². The molecule has 31 heavy (non-hydrogen) atoms. The van der Waals surface area contributed by atoms with Gasteiger partial charge in [-0.3, -0.25) is 9.59 Å². The number of alkyl carbamates (subject to hydrolysis) is 1. The van der Waals surface area contributed by atoms with Crippen molar-refractivity contribution in [1.82, 2.24) is 15.5 Å². The lowest BCUT2D eigenvalue weighted by Crippen LogP contribution is -2.59. The predicted octanol–water partition coefficient (Wildman–Crippen LogP) is 2.26. The maximum atomic E-state index is 13.5.